The van der Waals surface area contributed by atoms with Crippen LogP contribution in [0.15, 0.2) is 30.5 Å². The Kier molecular flexibility index (Phi) is 4.00. The molecule has 3 aromatic rings. The number of nitrogen functional groups attached to an aromatic ring is 1. The average molecular weight is 337 g/mol. The SMILES string of the molecule is COc1cnc(-c2nn(CCC(F)(F)F)c3ccccc23)nc1N. The summed E-state index contributed by atoms with van der Waals surface area (Å²) in [6.45, 7) is -0.282. The number of nitrogens with zero attached hydrogens (tertiary/aromatic N) is 4. The molecule has 0 aliphatic rings. The topological polar surface area (TPSA) is 78.9 Å². The summed E-state index contributed by atoms with van der Waals surface area (Å²) in [6.07, 6.45) is -3.82. The molecule has 3 rings (SSSR count). The van der Waals surface area contributed by atoms with E-state index in [9.17, 15) is 13.2 Å². The number of alkyl halides is 3. The second-order valence-electron chi connectivity index (χ2n) is 5.10. The summed E-state index contributed by atoms with van der Waals surface area (Å²) in [6, 6.07) is 6.97. The summed E-state index contributed by atoms with van der Waals surface area (Å²) < 4.78 is 43.8. The van der Waals surface area contributed by atoms with Gasteiger partial charge in [0.1, 0.15) is 5.69 Å². The number of nitrogens with two attached hydrogens (primary N) is 1. The van der Waals surface area contributed by atoms with Crippen LogP contribution in [-0.2, 0) is 6.54 Å². The molecule has 0 spiro atoms. The van der Waals surface area contributed by atoms with Crippen molar-refractivity contribution in [1.82, 2.24) is 19.7 Å². The van der Waals surface area contributed by atoms with Gasteiger partial charge in [0.05, 0.1) is 31.8 Å². The minimum absolute atomic E-state index is 0.136. The smallest absolute Gasteiger partial charge is 0.390 e. The van der Waals surface area contributed by atoms with Gasteiger partial charge >= 0.3 is 6.18 Å². The summed E-state index contributed by atoms with van der Waals surface area (Å²) in [4.78, 5) is 8.27. The Morgan fingerprint density at radius 3 is 2.67 bits per heavy atom. The maximum atomic E-state index is 12.5. The summed E-state index contributed by atoms with van der Waals surface area (Å²) in [5.41, 5.74) is 6.73. The van der Waals surface area contributed by atoms with Gasteiger partial charge in [0.2, 0.25) is 0 Å². The molecule has 0 unspecified atom stereocenters. The molecule has 1 aromatic carbocycles. The van der Waals surface area contributed by atoms with E-state index in [4.69, 9.17) is 10.5 Å². The number of anilines is 1. The van der Waals surface area contributed by atoms with Crippen LogP contribution in [0.3, 0.4) is 0 Å². The highest BCUT2D eigenvalue weighted by atomic mass is 19.4. The lowest BCUT2D eigenvalue weighted by atomic mass is 10.2. The van der Waals surface area contributed by atoms with Crippen LogP contribution in [0, 0.1) is 0 Å². The average Bonchev–Trinajstić information content (AvgIpc) is 2.91. The number of hydrogen-bond donors (Lipinski definition) is 1. The van der Waals surface area contributed by atoms with Crippen molar-refractivity contribution in [1.29, 1.82) is 0 Å². The zero-order valence-electron chi connectivity index (χ0n) is 12.7. The molecular formula is C15H14F3N5O. The van der Waals surface area contributed by atoms with Crippen molar-refractivity contribution in [2.75, 3.05) is 12.8 Å². The van der Waals surface area contributed by atoms with Crippen molar-refractivity contribution in [2.45, 2.75) is 19.1 Å². The van der Waals surface area contributed by atoms with Gasteiger partial charge in [-0.05, 0) is 6.07 Å². The summed E-state index contributed by atoms with van der Waals surface area (Å²) in [5, 5.41) is 4.91. The lowest BCUT2D eigenvalue weighted by molar-refractivity contribution is -0.137. The molecule has 0 fully saturated rings. The van der Waals surface area contributed by atoms with E-state index in [1.165, 1.54) is 18.0 Å². The van der Waals surface area contributed by atoms with Gasteiger partial charge < -0.3 is 10.5 Å². The van der Waals surface area contributed by atoms with Crippen LogP contribution in [-0.4, -0.2) is 33.0 Å². The van der Waals surface area contributed by atoms with Crippen LogP contribution in [0.5, 0.6) is 5.75 Å². The number of rotatable bonds is 4. The molecule has 0 saturated carbocycles. The maximum Gasteiger partial charge on any atom is 0.390 e. The Bertz CT molecular complexity index is 875. The van der Waals surface area contributed by atoms with Crippen molar-refractivity contribution >= 4 is 16.7 Å². The number of benzene rings is 1. The van der Waals surface area contributed by atoms with E-state index in [-0.39, 0.29) is 18.2 Å². The third-order valence-electron chi connectivity index (χ3n) is 3.48. The van der Waals surface area contributed by atoms with E-state index in [0.717, 1.165) is 0 Å². The number of hydrogen-bond acceptors (Lipinski definition) is 5. The predicted molar refractivity (Wildman–Crippen MR) is 82.4 cm³/mol. The van der Waals surface area contributed by atoms with Gasteiger partial charge in [-0.25, -0.2) is 9.97 Å². The molecular weight excluding hydrogens is 323 g/mol. The van der Waals surface area contributed by atoms with Gasteiger partial charge in [0.15, 0.2) is 17.4 Å². The van der Waals surface area contributed by atoms with Gasteiger partial charge in [-0.2, -0.15) is 18.3 Å². The molecule has 2 heterocycles. The first-order chi connectivity index (χ1) is 11.4. The van der Waals surface area contributed by atoms with Gasteiger partial charge in [-0.1, -0.05) is 18.2 Å². The molecule has 0 radical (unpaired) electrons. The Labute approximate surface area is 135 Å². The lowest BCUT2D eigenvalue weighted by Gasteiger charge is -2.06. The van der Waals surface area contributed by atoms with Crippen molar-refractivity contribution in [3.63, 3.8) is 0 Å². The summed E-state index contributed by atoms with van der Waals surface area (Å²) >= 11 is 0. The molecule has 2 aromatic heterocycles. The minimum Gasteiger partial charge on any atom is -0.491 e. The minimum atomic E-state index is -4.26. The Balaban J connectivity index is 2.07. The number of fused-ring (bicyclic) bond motifs is 1. The highest BCUT2D eigenvalue weighted by Crippen LogP contribution is 2.29. The van der Waals surface area contributed by atoms with Gasteiger partial charge in [0.25, 0.3) is 0 Å². The Morgan fingerprint density at radius 1 is 1.25 bits per heavy atom. The van der Waals surface area contributed by atoms with E-state index < -0.39 is 12.6 Å². The fourth-order valence-corrected chi connectivity index (χ4v) is 2.35. The standard InChI is InChI=1S/C15H14F3N5O/c1-24-11-8-20-14(21-13(11)19)12-9-4-2-3-5-10(9)23(22-12)7-6-15(16,17)18/h2-5,8H,6-7H2,1H3,(H2,19,20,21). The Morgan fingerprint density at radius 2 is 2.00 bits per heavy atom. The zero-order valence-corrected chi connectivity index (χ0v) is 12.7. The van der Waals surface area contributed by atoms with E-state index >= 15 is 0 Å². The van der Waals surface area contributed by atoms with E-state index in [1.54, 1.807) is 24.3 Å². The van der Waals surface area contributed by atoms with E-state index in [0.29, 0.717) is 22.3 Å². The predicted octanol–water partition coefficient (Wildman–Crippen LogP) is 3.04. The van der Waals surface area contributed by atoms with Crippen molar-refractivity contribution in [3.8, 4) is 17.3 Å². The monoisotopic (exact) mass is 337 g/mol. The van der Waals surface area contributed by atoms with Crippen LogP contribution < -0.4 is 10.5 Å². The summed E-state index contributed by atoms with van der Waals surface area (Å²) in [7, 11) is 1.44. The van der Waals surface area contributed by atoms with Crippen molar-refractivity contribution in [2.24, 2.45) is 0 Å². The number of methoxy groups -OCH3 is 1. The molecule has 0 amide bonds. The fraction of sp³-hybridized carbons (Fsp3) is 0.267. The highest BCUT2D eigenvalue weighted by Gasteiger charge is 2.27. The molecule has 126 valence electrons. The van der Waals surface area contributed by atoms with Crippen molar-refractivity contribution in [3.05, 3.63) is 30.5 Å². The third-order valence-corrected chi connectivity index (χ3v) is 3.48. The molecule has 9 heteroatoms. The van der Waals surface area contributed by atoms with Crippen LogP contribution >= 0.6 is 0 Å². The number of halogens is 3. The van der Waals surface area contributed by atoms with Gasteiger partial charge in [0, 0.05) is 5.39 Å². The van der Waals surface area contributed by atoms with Crippen molar-refractivity contribution < 1.29 is 17.9 Å². The first-order valence-corrected chi connectivity index (χ1v) is 7.08. The number of aryl methyl sites for hydroxylation is 1. The second kappa shape index (κ2) is 5.99. The quantitative estimate of drug-likeness (QED) is 0.792. The summed E-state index contributed by atoms with van der Waals surface area (Å²) in [5.74, 6) is 0.686. The second-order valence-corrected chi connectivity index (χ2v) is 5.10. The molecule has 0 saturated heterocycles. The van der Waals surface area contributed by atoms with Crippen LogP contribution in [0.4, 0.5) is 19.0 Å². The first-order valence-electron chi connectivity index (χ1n) is 7.08. The molecule has 24 heavy (non-hydrogen) atoms. The fourth-order valence-electron chi connectivity index (χ4n) is 2.35. The lowest BCUT2D eigenvalue weighted by Crippen LogP contribution is -2.13. The molecule has 6 nitrogen and oxygen atoms in total. The van der Waals surface area contributed by atoms with Crippen LogP contribution in [0.1, 0.15) is 6.42 Å². The molecule has 0 atom stereocenters. The van der Waals surface area contributed by atoms with Crippen LogP contribution in [0.25, 0.3) is 22.4 Å². The van der Waals surface area contributed by atoms with Gasteiger partial charge in [-0.15, -0.1) is 0 Å². The largest absolute Gasteiger partial charge is 0.491 e. The molecule has 0 bridgehead atoms. The molecule has 0 aliphatic carbocycles. The third kappa shape index (κ3) is 3.10. The number of para-hydroxylation sites is 1. The molecule has 0 aliphatic heterocycles. The zero-order chi connectivity index (χ0) is 17.3. The number of aromatic nitrogens is 4. The Hall–Kier alpha value is -2.84. The van der Waals surface area contributed by atoms with E-state index in [1.807, 2.05) is 0 Å². The first kappa shape index (κ1) is 16.0. The van der Waals surface area contributed by atoms with Gasteiger partial charge in [-0.3, -0.25) is 4.68 Å². The number of ether oxygens (including phenoxy) is 1. The van der Waals surface area contributed by atoms with E-state index in [2.05, 4.69) is 15.1 Å². The highest BCUT2D eigenvalue weighted by molar-refractivity contribution is 5.91. The molecule has 2 N–H and O–H groups in total. The normalized spacial score (nSPS) is 11.8. The van der Waals surface area contributed by atoms with Crippen LogP contribution in [0.2, 0.25) is 0 Å². The maximum absolute atomic E-state index is 12.5.